The van der Waals surface area contributed by atoms with Crippen molar-refractivity contribution in [2.45, 2.75) is 6.61 Å². The van der Waals surface area contributed by atoms with E-state index in [1.54, 1.807) is 12.1 Å². The first-order valence-electron chi connectivity index (χ1n) is 3.48. The van der Waals surface area contributed by atoms with Crippen molar-refractivity contribution < 1.29 is 14.6 Å². The number of nitrogens with zero attached hydrogens (tertiary/aromatic N) is 1. The molecule has 2 rings (SSSR count). The topological polar surface area (TPSA) is 66.5 Å². The van der Waals surface area contributed by atoms with Crippen LogP contribution in [0.4, 0.5) is 0 Å². The molecule has 0 aliphatic rings. The second-order valence-electron chi connectivity index (χ2n) is 2.43. The summed E-state index contributed by atoms with van der Waals surface area (Å²) in [6.07, 6.45) is 1.26. The SMILES string of the molecule is OCc1ccc2ncoc2c1O. The number of rotatable bonds is 1. The van der Waals surface area contributed by atoms with Gasteiger partial charge < -0.3 is 14.6 Å². The molecule has 0 amide bonds. The number of benzene rings is 1. The molecule has 0 aliphatic carbocycles. The van der Waals surface area contributed by atoms with Gasteiger partial charge in [-0.1, -0.05) is 6.07 Å². The highest BCUT2D eigenvalue weighted by Gasteiger charge is 2.08. The number of fused-ring (bicyclic) bond motifs is 1. The Labute approximate surface area is 68.1 Å². The summed E-state index contributed by atoms with van der Waals surface area (Å²) < 4.78 is 4.92. The summed E-state index contributed by atoms with van der Waals surface area (Å²) in [5, 5.41) is 18.2. The first-order chi connectivity index (χ1) is 5.83. The maximum atomic E-state index is 9.44. The molecular weight excluding hydrogens is 158 g/mol. The largest absolute Gasteiger partial charge is 0.504 e. The molecule has 0 saturated heterocycles. The molecule has 2 N–H and O–H groups in total. The summed E-state index contributed by atoms with van der Waals surface area (Å²) in [5.74, 6) is -0.0347. The first kappa shape index (κ1) is 7.12. The van der Waals surface area contributed by atoms with E-state index in [1.807, 2.05) is 0 Å². The molecule has 4 heteroatoms. The number of aromatic nitrogens is 1. The van der Waals surface area contributed by atoms with Crippen LogP contribution in [-0.2, 0) is 6.61 Å². The Morgan fingerprint density at radius 1 is 1.42 bits per heavy atom. The minimum atomic E-state index is -0.206. The summed E-state index contributed by atoms with van der Waals surface area (Å²) in [7, 11) is 0. The van der Waals surface area contributed by atoms with Gasteiger partial charge in [0.15, 0.2) is 17.7 Å². The van der Waals surface area contributed by atoms with Crippen molar-refractivity contribution in [1.29, 1.82) is 0 Å². The summed E-state index contributed by atoms with van der Waals surface area (Å²) >= 11 is 0. The molecule has 1 heterocycles. The zero-order valence-electron chi connectivity index (χ0n) is 6.19. The third-order valence-corrected chi connectivity index (χ3v) is 1.73. The van der Waals surface area contributed by atoms with Gasteiger partial charge in [0.25, 0.3) is 0 Å². The highest BCUT2D eigenvalue weighted by Crippen LogP contribution is 2.27. The molecule has 0 radical (unpaired) electrons. The molecule has 1 aromatic carbocycles. The van der Waals surface area contributed by atoms with Crippen molar-refractivity contribution >= 4 is 11.1 Å². The average Bonchev–Trinajstić information content (AvgIpc) is 2.53. The fourth-order valence-electron chi connectivity index (χ4n) is 1.08. The molecule has 2 aromatic rings. The molecule has 62 valence electrons. The zero-order chi connectivity index (χ0) is 8.55. The third kappa shape index (κ3) is 0.853. The van der Waals surface area contributed by atoms with Gasteiger partial charge in [-0.25, -0.2) is 4.98 Å². The maximum Gasteiger partial charge on any atom is 0.196 e. The second-order valence-corrected chi connectivity index (χ2v) is 2.43. The van der Waals surface area contributed by atoms with Crippen molar-refractivity contribution in [3.8, 4) is 5.75 Å². The molecule has 4 nitrogen and oxygen atoms in total. The average molecular weight is 165 g/mol. The molecule has 0 spiro atoms. The van der Waals surface area contributed by atoms with Crippen LogP contribution >= 0.6 is 0 Å². The van der Waals surface area contributed by atoms with Gasteiger partial charge in [0, 0.05) is 5.56 Å². The summed E-state index contributed by atoms with van der Waals surface area (Å²) in [6.45, 7) is -0.206. The molecular formula is C8H7NO3. The van der Waals surface area contributed by atoms with Crippen LogP contribution in [0.5, 0.6) is 5.75 Å². The predicted molar refractivity (Wildman–Crippen MR) is 41.6 cm³/mol. The fourth-order valence-corrected chi connectivity index (χ4v) is 1.08. The Bertz CT molecular complexity index is 408. The van der Waals surface area contributed by atoms with Gasteiger partial charge in [-0.05, 0) is 6.07 Å². The molecule has 0 aliphatic heterocycles. The van der Waals surface area contributed by atoms with Gasteiger partial charge in [0.2, 0.25) is 0 Å². The minimum Gasteiger partial charge on any atom is -0.504 e. The lowest BCUT2D eigenvalue weighted by Crippen LogP contribution is -1.83. The van der Waals surface area contributed by atoms with E-state index >= 15 is 0 Å². The lowest BCUT2D eigenvalue weighted by Gasteiger charge is -1.98. The molecule has 0 fully saturated rings. The normalized spacial score (nSPS) is 10.8. The van der Waals surface area contributed by atoms with Gasteiger partial charge in [-0.3, -0.25) is 0 Å². The lowest BCUT2D eigenvalue weighted by molar-refractivity contribution is 0.275. The Morgan fingerprint density at radius 2 is 2.25 bits per heavy atom. The quantitative estimate of drug-likeness (QED) is 0.662. The number of aliphatic hydroxyl groups excluding tert-OH is 1. The Kier molecular flexibility index (Phi) is 1.48. The van der Waals surface area contributed by atoms with E-state index in [4.69, 9.17) is 9.52 Å². The predicted octanol–water partition coefficient (Wildman–Crippen LogP) is 1.03. The Hall–Kier alpha value is -1.55. The van der Waals surface area contributed by atoms with E-state index in [0.29, 0.717) is 16.7 Å². The van der Waals surface area contributed by atoms with Crippen LogP contribution in [0.15, 0.2) is 22.9 Å². The van der Waals surface area contributed by atoms with Crippen LogP contribution in [0.3, 0.4) is 0 Å². The Morgan fingerprint density at radius 3 is 3.00 bits per heavy atom. The van der Waals surface area contributed by atoms with Gasteiger partial charge in [0.1, 0.15) is 5.52 Å². The van der Waals surface area contributed by atoms with E-state index in [1.165, 1.54) is 6.39 Å². The number of phenols is 1. The number of hydrogen-bond donors (Lipinski definition) is 2. The number of aromatic hydroxyl groups is 1. The van der Waals surface area contributed by atoms with Crippen LogP contribution in [-0.4, -0.2) is 15.2 Å². The van der Waals surface area contributed by atoms with Crippen molar-refractivity contribution in [2.24, 2.45) is 0 Å². The van der Waals surface area contributed by atoms with Crippen molar-refractivity contribution in [2.75, 3.05) is 0 Å². The second kappa shape index (κ2) is 2.49. The highest BCUT2D eigenvalue weighted by molar-refractivity contribution is 5.80. The van der Waals surface area contributed by atoms with Crippen LogP contribution in [0, 0.1) is 0 Å². The van der Waals surface area contributed by atoms with Crippen LogP contribution in [0.25, 0.3) is 11.1 Å². The van der Waals surface area contributed by atoms with Crippen LogP contribution in [0.2, 0.25) is 0 Å². The minimum absolute atomic E-state index is 0.0347. The standard InChI is InChI=1S/C8H7NO3/c10-3-5-1-2-6-8(7(5)11)12-4-9-6/h1-2,4,10-11H,3H2. The number of aliphatic hydroxyl groups is 1. The van der Waals surface area contributed by atoms with E-state index < -0.39 is 0 Å². The molecule has 0 unspecified atom stereocenters. The third-order valence-electron chi connectivity index (χ3n) is 1.73. The molecule has 12 heavy (non-hydrogen) atoms. The smallest absolute Gasteiger partial charge is 0.196 e. The monoisotopic (exact) mass is 165 g/mol. The maximum absolute atomic E-state index is 9.44. The van der Waals surface area contributed by atoms with Crippen LogP contribution < -0.4 is 0 Å². The molecule has 0 atom stereocenters. The zero-order valence-corrected chi connectivity index (χ0v) is 6.19. The van der Waals surface area contributed by atoms with Gasteiger partial charge in [0.05, 0.1) is 6.61 Å². The summed E-state index contributed by atoms with van der Waals surface area (Å²) in [5.41, 5.74) is 1.35. The van der Waals surface area contributed by atoms with Gasteiger partial charge in [-0.2, -0.15) is 0 Å². The van der Waals surface area contributed by atoms with Gasteiger partial charge >= 0.3 is 0 Å². The van der Waals surface area contributed by atoms with Crippen molar-refractivity contribution in [3.05, 3.63) is 24.1 Å². The fraction of sp³-hybridized carbons (Fsp3) is 0.125. The van der Waals surface area contributed by atoms with Crippen molar-refractivity contribution in [1.82, 2.24) is 4.98 Å². The lowest BCUT2D eigenvalue weighted by atomic mass is 10.2. The van der Waals surface area contributed by atoms with E-state index in [-0.39, 0.29) is 12.4 Å². The van der Waals surface area contributed by atoms with Crippen molar-refractivity contribution in [3.63, 3.8) is 0 Å². The molecule has 0 bridgehead atoms. The van der Waals surface area contributed by atoms with E-state index in [2.05, 4.69) is 4.98 Å². The highest BCUT2D eigenvalue weighted by atomic mass is 16.4. The number of oxazole rings is 1. The summed E-state index contributed by atoms with van der Waals surface area (Å²) in [4.78, 5) is 3.85. The Balaban J connectivity index is 2.78. The molecule has 1 aromatic heterocycles. The van der Waals surface area contributed by atoms with Crippen LogP contribution in [0.1, 0.15) is 5.56 Å². The first-order valence-corrected chi connectivity index (χ1v) is 3.48. The number of hydrogen-bond acceptors (Lipinski definition) is 4. The van der Waals surface area contributed by atoms with Gasteiger partial charge in [-0.15, -0.1) is 0 Å². The molecule has 0 saturated carbocycles. The van der Waals surface area contributed by atoms with E-state index in [0.717, 1.165) is 0 Å². The summed E-state index contributed by atoms with van der Waals surface area (Å²) in [6, 6.07) is 3.30. The van der Waals surface area contributed by atoms with E-state index in [9.17, 15) is 5.11 Å².